The highest BCUT2D eigenvalue weighted by Gasteiger charge is 2.54. The van der Waals surface area contributed by atoms with Gasteiger partial charge in [0.25, 0.3) is 0 Å². The second-order valence-electron chi connectivity index (χ2n) is 6.27. The molecule has 1 N–H and O–H groups in total. The van der Waals surface area contributed by atoms with Crippen LogP contribution in [-0.4, -0.2) is 30.1 Å². The van der Waals surface area contributed by atoms with Gasteiger partial charge < -0.3 is 4.74 Å². The molecule has 0 spiro atoms. The van der Waals surface area contributed by atoms with Crippen molar-refractivity contribution in [2.24, 2.45) is 0 Å². The average Bonchev–Trinajstić information content (AvgIpc) is 3.03. The molecule has 0 aliphatic carbocycles. The molecule has 130 valence electrons. The molecule has 6 heteroatoms. The van der Waals surface area contributed by atoms with E-state index in [1.807, 2.05) is 61.5 Å². The smallest absolute Gasteiger partial charge is 0.323 e. The first-order valence-electron chi connectivity index (χ1n) is 8.12. The summed E-state index contributed by atoms with van der Waals surface area (Å²) in [6.45, 7) is 1.96. The second-order valence-corrected chi connectivity index (χ2v) is 6.27. The molecule has 2 aromatic rings. The summed E-state index contributed by atoms with van der Waals surface area (Å²) in [6.07, 6.45) is 0. The molecule has 0 unspecified atom stereocenters. The van der Waals surface area contributed by atoms with Gasteiger partial charge in [-0.15, -0.1) is 0 Å². The second kappa shape index (κ2) is 7.03. The summed E-state index contributed by atoms with van der Waals surface area (Å²) in [5.74, 6) is -1.09. The molecule has 3 rings (SSSR count). The van der Waals surface area contributed by atoms with Crippen LogP contribution in [0.3, 0.4) is 0 Å². The van der Waals surface area contributed by atoms with Crippen LogP contribution in [0.5, 0.6) is 0 Å². The molecule has 6 nitrogen and oxygen atoms in total. The fourth-order valence-electron chi connectivity index (χ4n) is 3.53. The Kier molecular flexibility index (Phi) is 4.81. The lowest BCUT2D eigenvalue weighted by Crippen LogP contribution is -2.37. The Labute approximate surface area is 146 Å². The Morgan fingerprint density at radius 1 is 1.08 bits per heavy atom. The summed E-state index contributed by atoms with van der Waals surface area (Å²) in [5.41, 5.74) is 2.62. The summed E-state index contributed by atoms with van der Waals surface area (Å²) in [6, 6.07) is 14.4. The monoisotopic (exact) mass is 340 g/mol. The molecule has 1 aliphatic heterocycles. The normalized spacial score (nSPS) is 25.5. The van der Waals surface area contributed by atoms with Crippen LogP contribution >= 0.6 is 0 Å². The van der Waals surface area contributed by atoms with E-state index in [1.165, 1.54) is 7.11 Å². The number of nitro groups is 1. The zero-order valence-electron chi connectivity index (χ0n) is 14.1. The summed E-state index contributed by atoms with van der Waals surface area (Å²) in [5, 5.41) is 15.0. The molecule has 1 fully saturated rings. The number of nitrogens with zero attached hydrogens (tertiary/aromatic N) is 1. The van der Waals surface area contributed by atoms with E-state index in [2.05, 4.69) is 5.32 Å². The maximum Gasteiger partial charge on any atom is 0.323 e. The van der Waals surface area contributed by atoms with E-state index < -0.39 is 30.0 Å². The van der Waals surface area contributed by atoms with Gasteiger partial charge in [0.15, 0.2) is 0 Å². The number of esters is 1. The van der Waals surface area contributed by atoms with E-state index >= 15 is 0 Å². The first-order valence-corrected chi connectivity index (χ1v) is 8.12. The molecule has 0 amide bonds. The number of carbonyl (C=O) groups is 1. The Morgan fingerprint density at radius 3 is 2.28 bits per heavy atom. The SMILES string of the molecule is COC(=O)[C@@H]1N[C@H](c2ccc(C)cc2)[C@@H]([N+](=O)[O-])[C@@H]1c1ccccc1. The maximum absolute atomic E-state index is 12.3. The molecule has 25 heavy (non-hydrogen) atoms. The van der Waals surface area contributed by atoms with Gasteiger partial charge in [-0.3, -0.25) is 20.2 Å². The maximum atomic E-state index is 12.3. The van der Waals surface area contributed by atoms with Crippen LogP contribution < -0.4 is 5.32 Å². The van der Waals surface area contributed by atoms with E-state index in [9.17, 15) is 14.9 Å². The van der Waals surface area contributed by atoms with Gasteiger partial charge in [-0.05, 0) is 18.1 Å². The lowest BCUT2D eigenvalue weighted by Gasteiger charge is -2.19. The standard InChI is InChI=1S/C19H20N2O4/c1-12-8-10-14(11-9-12)16-18(21(23)24)15(13-6-4-3-5-7-13)17(20-16)19(22)25-2/h3-11,15-18,20H,1-2H3/t15-,16-,17-,18+/m1/s1. The minimum absolute atomic E-state index is 0.294. The zero-order chi connectivity index (χ0) is 18.0. The zero-order valence-corrected chi connectivity index (χ0v) is 14.1. The third-order valence-electron chi connectivity index (χ3n) is 4.75. The molecule has 4 atom stereocenters. The molecule has 0 aromatic heterocycles. The van der Waals surface area contributed by atoms with E-state index in [0.29, 0.717) is 0 Å². The number of carbonyl (C=O) groups excluding carboxylic acids is 1. The summed E-state index contributed by atoms with van der Waals surface area (Å²) in [7, 11) is 1.30. The van der Waals surface area contributed by atoms with Gasteiger partial charge in [0.2, 0.25) is 6.04 Å². The van der Waals surface area contributed by atoms with Gasteiger partial charge in [-0.1, -0.05) is 60.2 Å². The minimum atomic E-state index is -0.964. The number of rotatable bonds is 4. The Balaban J connectivity index is 2.07. The van der Waals surface area contributed by atoms with Crippen molar-refractivity contribution in [2.75, 3.05) is 7.11 Å². The van der Waals surface area contributed by atoms with Crippen LogP contribution in [0.15, 0.2) is 54.6 Å². The van der Waals surface area contributed by atoms with Crippen LogP contribution in [0.4, 0.5) is 0 Å². The quantitative estimate of drug-likeness (QED) is 0.526. The van der Waals surface area contributed by atoms with Crippen molar-refractivity contribution in [3.8, 4) is 0 Å². The molecule has 1 saturated heterocycles. The van der Waals surface area contributed by atoms with Crippen LogP contribution in [-0.2, 0) is 9.53 Å². The topological polar surface area (TPSA) is 81.5 Å². The summed E-state index contributed by atoms with van der Waals surface area (Å²) in [4.78, 5) is 23.9. The molecule has 2 aromatic carbocycles. The third kappa shape index (κ3) is 3.25. The van der Waals surface area contributed by atoms with Crippen LogP contribution in [0, 0.1) is 17.0 Å². The lowest BCUT2D eigenvalue weighted by atomic mass is 9.85. The molecule has 0 bridgehead atoms. The molecule has 1 aliphatic rings. The minimum Gasteiger partial charge on any atom is -0.468 e. The average molecular weight is 340 g/mol. The fraction of sp³-hybridized carbons (Fsp3) is 0.316. The fourth-order valence-corrected chi connectivity index (χ4v) is 3.53. The van der Waals surface area contributed by atoms with Gasteiger partial charge in [0.1, 0.15) is 12.1 Å². The molecular weight excluding hydrogens is 320 g/mol. The lowest BCUT2D eigenvalue weighted by molar-refractivity contribution is -0.527. The van der Waals surface area contributed by atoms with Gasteiger partial charge in [0, 0.05) is 4.92 Å². The first kappa shape index (κ1) is 17.1. The van der Waals surface area contributed by atoms with Crippen LogP contribution in [0.25, 0.3) is 0 Å². The van der Waals surface area contributed by atoms with Crippen molar-refractivity contribution in [1.82, 2.24) is 5.32 Å². The number of nitrogens with one attached hydrogen (secondary N) is 1. The Bertz CT molecular complexity index is 761. The van der Waals surface area contributed by atoms with E-state index in [-0.39, 0.29) is 4.92 Å². The predicted octanol–water partition coefficient (Wildman–Crippen LogP) is 2.61. The van der Waals surface area contributed by atoms with E-state index in [0.717, 1.165) is 16.7 Å². The number of methoxy groups -OCH3 is 1. The first-order chi connectivity index (χ1) is 12.0. The van der Waals surface area contributed by atoms with Crippen molar-refractivity contribution >= 4 is 5.97 Å². The van der Waals surface area contributed by atoms with E-state index in [4.69, 9.17) is 4.74 Å². The van der Waals surface area contributed by atoms with Crippen molar-refractivity contribution in [1.29, 1.82) is 0 Å². The number of aryl methyl sites for hydroxylation is 1. The summed E-state index contributed by atoms with van der Waals surface area (Å²) >= 11 is 0. The third-order valence-corrected chi connectivity index (χ3v) is 4.75. The molecule has 0 radical (unpaired) electrons. The van der Waals surface area contributed by atoms with Crippen molar-refractivity contribution < 1.29 is 14.5 Å². The van der Waals surface area contributed by atoms with Gasteiger partial charge in [-0.2, -0.15) is 0 Å². The number of hydrogen-bond donors (Lipinski definition) is 1. The summed E-state index contributed by atoms with van der Waals surface area (Å²) < 4.78 is 4.89. The van der Waals surface area contributed by atoms with Crippen molar-refractivity contribution in [3.63, 3.8) is 0 Å². The number of hydrogen-bond acceptors (Lipinski definition) is 5. The van der Waals surface area contributed by atoms with Crippen molar-refractivity contribution in [2.45, 2.75) is 31.0 Å². The number of ether oxygens (including phenoxy) is 1. The van der Waals surface area contributed by atoms with Gasteiger partial charge in [0.05, 0.1) is 13.0 Å². The molecule has 1 heterocycles. The van der Waals surface area contributed by atoms with Crippen LogP contribution in [0.1, 0.15) is 28.7 Å². The Morgan fingerprint density at radius 2 is 1.72 bits per heavy atom. The largest absolute Gasteiger partial charge is 0.468 e. The highest BCUT2D eigenvalue weighted by atomic mass is 16.6. The van der Waals surface area contributed by atoms with Gasteiger partial charge in [-0.25, -0.2) is 0 Å². The Hall–Kier alpha value is -2.73. The predicted molar refractivity (Wildman–Crippen MR) is 92.8 cm³/mol. The molecular formula is C19H20N2O4. The molecule has 0 saturated carbocycles. The van der Waals surface area contributed by atoms with E-state index in [1.54, 1.807) is 0 Å². The van der Waals surface area contributed by atoms with Gasteiger partial charge >= 0.3 is 5.97 Å². The number of benzene rings is 2. The van der Waals surface area contributed by atoms with Crippen molar-refractivity contribution in [3.05, 3.63) is 81.4 Å². The highest BCUT2D eigenvalue weighted by Crippen LogP contribution is 2.40. The highest BCUT2D eigenvalue weighted by molar-refractivity contribution is 5.78. The van der Waals surface area contributed by atoms with Crippen LogP contribution in [0.2, 0.25) is 0 Å².